The van der Waals surface area contributed by atoms with Crippen molar-refractivity contribution in [2.45, 2.75) is 26.8 Å². The van der Waals surface area contributed by atoms with Crippen LogP contribution in [0.25, 0.3) is 5.82 Å². The second-order valence-corrected chi connectivity index (χ2v) is 6.80. The summed E-state index contributed by atoms with van der Waals surface area (Å²) in [5, 5.41) is 13.6. The molecule has 1 atom stereocenters. The number of rotatable bonds is 6. The van der Waals surface area contributed by atoms with Crippen molar-refractivity contribution in [2.24, 2.45) is 5.92 Å². The zero-order valence-electron chi connectivity index (χ0n) is 16.3. The van der Waals surface area contributed by atoms with Gasteiger partial charge in [0.2, 0.25) is 0 Å². The first-order valence-corrected chi connectivity index (χ1v) is 8.96. The van der Waals surface area contributed by atoms with Crippen LogP contribution in [0.2, 0.25) is 0 Å². The normalized spacial score (nSPS) is 12.0. The van der Waals surface area contributed by atoms with Gasteiger partial charge in [0.25, 0.3) is 11.5 Å². The molecule has 2 heterocycles. The third kappa shape index (κ3) is 3.95. The Morgan fingerprint density at radius 3 is 2.46 bits per heavy atom. The van der Waals surface area contributed by atoms with Crippen molar-refractivity contribution >= 4 is 5.91 Å². The van der Waals surface area contributed by atoms with Gasteiger partial charge in [-0.05, 0) is 36.6 Å². The van der Waals surface area contributed by atoms with Crippen LogP contribution in [0.15, 0.2) is 47.4 Å². The van der Waals surface area contributed by atoms with Gasteiger partial charge in [-0.15, -0.1) is 0 Å². The number of amides is 1. The minimum atomic E-state index is -0.300. The number of benzene rings is 1. The van der Waals surface area contributed by atoms with E-state index in [1.807, 2.05) is 24.3 Å². The summed E-state index contributed by atoms with van der Waals surface area (Å²) in [6, 6.07) is 10.4. The highest BCUT2D eigenvalue weighted by molar-refractivity contribution is 5.95. The van der Waals surface area contributed by atoms with E-state index in [2.05, 4.69) is 34.5 Å². The lowest BCUT2D eigenvalue weighted by Crippen LogP contribution is -2.32. The summed E-state index contributed by atoms with van der Waals surface area (Å²) in [7, 11) is 1.62. The first-order chi connectivity index (χ1) is 13.4. The Morgan fingerprint density at radius 2 is 1.89 bits per heavy atom. The topological polar surface area (TPSA) is 102 Å². The molecule has 0 aliphatic carbocycles. The average Bonchev–Trinajstić information content (AvgIpc) is 3.08. The van der Waals surface area contributed by atoms with Gasteiger partial charge in [-0.1, -0.05) is 26.0 Å². The zero-order chi connectivity index (χ0) is 20.3. The molecule has 2 aromatic heterocycles. The molecule has 3 rings (SSSR count). The molecular formula is C20H23N5O3. The number of aromatic nitrogens is 4. The molecule has 3 aromatic rings. The minimum Gasteiger partial charge on any atom is -0.497 e. The quantitative estimate of drug-likeness (QED) is 0.683. The van der Waals surface area contributed by atoms with Crippen molar-refractivity contribution in [3.63, 3.8) is 0 Å². The second kappa shape index (κ2) is 8.08. The molecule has 8 nitrogen and oxygen atoms in total. The molecule has 0 saturated heterocycles. The van der Waals surface area contributed by atoms with E-state index in [0.29, 0.717) is 17.1 Å². The van der Waals surface area contributed by atoms with Crippen molar-refractivity contribution in [1.82, 2.24) is 25.3 Å². The molecule has 2 N–H and O–H groups in total. The highest BCUT2D eigenvalue weighted by atomic mass is 16.5. The van der Waals surface area contributed by atoms with Crippen LogP contribution >= 0.6 is 0 Å². The number of hydrogen-bond donors (Lipinski definition) is 2. The maximum absolute atomic E-state index is 12.9. The van der Waals surface area contributed by atoms with E-state index in [1.54, 1.807) is 20.1 Å². The Balaban J connectivity index is 1.84. The highest BCUT2D eigenvalue weighted by Gasteiger charge is 2.22. The van der Waals surface area contributed by atoms with E-state index >= 15 is 0 Å². The second-order valence-electron chi connectivity index (χ2n) is 6.80. The van der Waals surface area contributed by atoms with Gasteiger partial charge in [0.05, 0.1) is 30.6 Å². The van der Waals surface area contributed by atoms with E-state index in [-0.39, 0.29) is 23.4 Å². The number of ether oxygens (including phenoxy) is 1. The van der Waals surface area contributed by atoms with Crippen LogP contribution in [-0.2, 0) is 0 Å². The highest BCUT2D eigenvalue weighted by Crippen LogP contribution is 2.25. The standard InChI is InChI=1S/C20H23N5O3/c1-12(2)19(14-5-7-15(28-4)8-6-14)22-20(27)16-11-21-25(13(16)3)17-9-10-18(26)24-23-17/h5-12,19H,1-4H3,(H,22,27)(H,24,26). The lowest BCUT2D eigenvalue weighted by Gasteiger charge is -2.23. The van der Waals surface area contributed by atoms with Crippen LogP contribution in [0.4, 0.5) is 0 Å². The molecule has 0 saturated carbocycles. The molecule has 0 aliphatic heterocycles. The molecule has 1 unspecified atom stereocenters. The third-order valence-corrected chi connectivity index (χ3v) is 4.56. The monoisotopic (exact) mass is 381 g/mol. The van der Waals surface area contributed by atoms with Gasteiger partial charge in [0, 0.05) is 6.07 Å². The minimum absolute atomic E-state index is 0.160. The Bertz CT molecular complexity index is 1000. The SMILES string of the molecule is COc1ccc(C(NC(=O)c2cnn(-c3ccc(=O)[nH]n3)c2C)C(C)C)cc1. The molecule has 0 radical (unpaired) electrons. The van der Waals surface area contributed by atoms with Gasteiger partial charge >= 0.3 is 0 Å². The number of hydrogen-bond acceptors (Lipinski definition) is 5. The molecule has 28 heavy (non-hydrogen) atoms. The van der Waals surface area contributed by atoms with Gasteiger partial charge in [-0.25, -0.2) is 9.78 Å². The van der Waals surface area contributed by atoms with Gasteiger partial charge in [0.15, 0.2) is 5.82 Å². The van der Waals surface area contributed by atoms with Crippen molar-refractivity contribution in [2.75, 3.05) is 7.11 Å². The predicted molar refractivity (Wildman–Crippen MR) is 105 cm³/mol. The summed E-state index contributed by atoms with van der Waals surface area (Å²) < 4.78 is 6.72. The number of nitrogens with zero attached hydrogens (tertiary/aromatic N) is 3. The molecule has 0 aliphatic rings. The van der Waals surface area contributed by atoms with Gasteiger partial charge < -0.3 is 10.1 Å². The van der Waals surface area contributed by atoms with Crippen molar-refractivity contribution in [3.05, 3.63) is 69.8 Å². The number of carbonyl (C=O) groups excluding carboxylic acids is 1. The molecule has 0 fully saturated rings. The summed E-state index contributed by atoms with van der Waals surface area (Å²) in [6.07, 6.45) is 1.50. The molecule has 0 spiro atoms. The largest absolute Gasteiger partial charge is 0.497 e. The predicted octanol–water partition coefficient (Wildman–Crippen LogP) is 2.40. The molecular weight excluding hydrogens is 358 g/mol. The lowest BCUT2D eigenvalue weighted by atomic mass is 9.95. The Kier molecular flexibility index (Phi) is 5.58. The van der Waals surface area contributed by atoms with Crippen molar-refractivity contribution < 1.29 is 9.53 Å². The number of aromatic amines is 1. The van der Waals surface area contributed by atoms with E-state index in [9.17, 15) is 9.59 Å². The van der Waals surface area contributed by atoms with E-state index in [1.165, 1.54) is 16.9 Å². The molecule has 1 aromatic carbocycles. The first-order valence-electron chi connectivity index (χ1n) is 8.96. The maximum Gasteiger partial charge on any atom is 0.264 e. The van der Waals surface area contributed by atoms with E-state index < -0.39 is 0 Å². The maximum atomic E-state index is 12.9. The van der Waals surface area contributed by atoms with E-state index in [0.717, 1.165) is 11.3 Å². The lowest BCUT2D eigenvalue weighted by molar-refractivity contribution is 0.0925. The Morgan fingerprint density at radius 1 is 1.18 bits per heavy atom. The first kappa shape index (κ1) is 19.3. The number of H-pyrrole nitrogens is 1. The summed E-state index contributed by atoms with van der Waals surface area (Å²) in [4.78, 5) is 24.1. The Labute approximate surface area is 162 Å². The Hall–Kier alpha value is -3.42. The average molecular weight is 381 g/mol. The van der Waals surface area contributed by atoms with Crippen LogP contribution in [0, 0.1) is 12.8 Å². The smallest absolute Gasteiger partial charge is 0.264 e. The fourth-order valence-corrected chi connectivity index (χ4v) is 2.98. The number of carbonyl (C=O) groups is 1. The van der Waals surface area contributed by atoms with Crippen LogP contribution in [0.3, 0.4) is 0 Å². The summed E-state index contributed by atoms with van der Waals surface area (Å²) in [6.45, 7) is 5.89. The van der Waals surface area contributed by atoms with Crippen LogP contribution in [0.5, 0.6) is 5.75 Å². The number of methoxy groups -OCH3 is 1. The van der Waals surface area contributed by atoms with E-state index in [4.69, 9.17) is 4.74 Å². The summed E-state index contributed by atoms with van der Waals surface area (Å²) in [5.74, 6) is 1.17. The van der Waals surface area contributed by atoms with Crippen LogP contribution in [-0.4, -0.2) is 33.0 Å². The summed E-state index contributed by atoms with van der Waals surface area (Å²) in [5.41, 5.74) is 1.78. The third-order valence-electron chi connectivity index (χ3n) is 4.56. The molecule has 8 heteroatoms. The fourth-order valence-electron chi connectivity index (χ4n) is 2.98. The van der Waals surface area contributed by atoms with Crippen LogP contribution < -0.4 is 15.6 Å². The molecule has 146 valence electrons. The van der Waals surface area contributed by atoms with Gasteiger partial charge in [0.1, 0.15) is 5.75 Å². The van der Waals surface area contributed by atoms with Crippen molar-refractivity contribution in [3.8, 4) is 11.6 Å². The molecule has 0 bridgehead atoms. The van der Waals surface area contributed by atoms with Gasteiger partial charge in [-0.3, -0.25) is 9.59 Å². The molecule has 1 amide bonds. The number of nitrogens with one attached hydrogen (secondary N) is 2. The fraction of sp³-hybridized carbons (Fsp3) is 0.300. The van der Waals surface area contributed by atoms with Crippen LogP contribution in [0.1, 0.15) is 41.5 Å². The summed E-state index contributed by atoms with van der Waals surface area (Å²) >= 11 is 0. The van der Waals surface area contributed by atoms with Gasteiger partial charge in [-0.2, -0.15) is 10.2 Å². The zero-order valence-corrected chi connectivity index (χ0v) is 16.3. The van der Waals surface area contributed by atoms with Crippen molar-refractivity contribution in [1.29, 1.82) is 0 Å².